The summed E-state index contributed by atoms with van der Waals surface area (Å²) in [5.41, 5.74) is 6.71. The van der Waals surface area contributed by atoms with E-state index in [2.05, 4.69) is 29.2 Å². The minimum Gasteiger partial charge on any atom is -0.368 e. The zero-order valence-corrected chi connectivity index (χ0v) is 14.1. The molecule has 2 aliphatic heterocycles. The number of carbonyl (C=O) groups is 2. The minimum atomic E-state index is -0.406. The first-order chi connectivity index (χ1) is 11.6. The van der Waals surface area contributed by atoms with E-state index in [9.17, 15) is 9.59 Å². The van der Waals surface area contributed by atoms with Crippen molar-refractivity contribution in [2.45, 2.75) is 25.3 Å². The first-order valence-corrected chi connectivity index (χ1v) is 8.87. The molecule has 2 heterocycles. The first kappa shape index (κ1) is 16.8. The van der Waals surface area contributed by atoms with Crippen LogP contribution in [0.5, 0.6) is 0 Å². The van der Waals surface area contributed by atoms with Crippen molar-refractivity contribution in [1.29, 1.82) is 0 Å². The molecule has 0 saturated carbocycles. The third-order valence-corrected chi connectivity index (χ3v) is 5.14. The van der Waals surface area contributed by atoms with E-state index in [0.717, 1.165) is 39.0 Å². The van der Waals surface area contributed by atoms with Crippen molar-refractivity contribution in [3.63, 3.8) is 0 Å². The van der Waals surface area contributed by atoms with Crippen LogP contribution in [-0.4, -0.2) is 62.0 Å². The molecular weight excluding hydrogens is 304 g/mol. The molecule has 3 rings (SSSR count). The lowest BCUT2D eigenvalue weighted by Gasteiger charge is -2.37. The van der Waals surface area contributed by atoms with Crippen LogP contribution in [0, 0.1) is 0 Å². The largest absolute Gasteiger partial charge is 0.368 e. The summed E-state index contributed by atoms with van der Waals surface area (Å²) in [6.45, 7) is 4.91. The van der Waals surface area contributed by atoms with Crippen molar-refractivity contribution in [3.8, 4) is 0 Å². The van der Waals surface area contributed by atoms with Gasteiger partial charge in [0.05, 0.1) is 26.2 Å². The number of amides is 2. The maximum atomic E-state index is 12.6. The molecule has 2 aliphatic rings. The second-order valence-corrected chi connectivity index (χ2v) is 6.75. The van der Waals surface area contributed by atoms with E-state index in [-0.39, 0.29) is 11.8 Å². The second-order valence-electron chi connectivity index (χ2n) is 6.75. The lowest BCUT2D eigenvalue weighted by atomic mass is 10.0. The van der Waals surface area contributed by atoms with Gasteiger partial charge < -0.3 is 20.4 Å². The van der Waals surface area contributed by atoms with Gasteiger partial charge in [0.2, 0.25) is 5.91 Å². The van der Waals surface area contributed by atoms with Gasteiger partial charge in [-0.1, -0.05) is 18.2 Å². The predicted molar refractivity (Wildman–Crippen MR) is 92.8 cm³/mol. The Bertz CT molecular complexity index is 570. The van der Waals surface area contributed by atoms with Crippen LogP contribution in [0.2, 0.25) is 0 Å². The molecular formula is C18H27N4O2+. The quantitative estimate of drug-likeness (QED) is 0.763. The van der Waals surface area contributed by atoms with Crippen LogP contribution in [0.1, 0.15) is 19.3 Å². The highest BCUT2D eigenvalue weighted by molar-refractivity contribution is 5.87. The molecule has 130 valence electrons. The van der Waals surface area contributed by atoms with Crippen LogP contribution in [0.4, 0.5) is 5.69 Å². The Labute approximate surface area is 143 Å². The number of benzene rings is 1. The lowest BCUT2D eigenvalue weighted by Crippen LogP contribution is -3.16. The summed E-state index contributed by atoms with van der Waals surface area (Å²) in [5, 5.41) is 0. The number of carbonyl (C=O) groups excluding carboxylic acids is 2. The molecule has 0 spiro atoms. The number of rotatable bonds is 4. The van der Waals surface area contributed by atoms with Crippen molar-refractivity contribution < 1.29 is 14.5 Å². The number of piperidine rings is 1. The van der Waals surface area contributed by atoms with Crippen LogP contribution in [-0.2, 0) is 9.59 Å². The van der Waals surface area contributed by atoms with E-state index >= 15 is 0 Å². The summed E-state index contributed by atoms with van der Waals surface area (Å²) >= 11 is 0. The number of hydrogen-bond acceptors (Lipinski definition) is 3. The fourth-order valence-electron chi connectivity index (χ4n) is 3.74. The van der Waals surface area contributed by atoms with Crippen LogP contribution < -0.4 is 15.5 Å². The Hall–Kier alpha value is -2.08. The summed E-state index contributed by atoms with van der Waals surface area (Å²) in [7, 11) is 0. The van der Waals surface area contributed by atoms with Gasteiger partial charge in [-0.05, 0) is 31.4 Å². The molecule has 1 aromatic carbocycles. The van der Waals surface area contributed by atoms with Crippen LogP contribution in [0.3, 0.4) is 0 Å². The molecule has 1 aromatic rings. The van der Waals surface area contributed by atoms with E-state index in [1.807, 2.05) is 6.07 Å². The van der Waals surface area contributed by atoms with Gasteiger partial charge in [-0.3, -0.25) is 9.59 Å². The summed E-state index contributed by atoms with van der Waals surface area (Å²) in [6, 6.07) is 9.98. The number of nitrogens with zero attached hydrogens (tertiary/aromatic N) is 2. The molecule has 0 aliphatic carbocycles. The Morgan fingerprint density at radius 3 is 2.46 bits per heavy atom. The van der Waals surface area contributed by atoms with Gasteiger partial charge in [0, 0.05) is 12.2 Å². The Balaban J connectivity index is 1.52. The predicted octanol–water partition coefficient (Wildman–Crippen LogP) is -0.742. The van der Waals surface area contributed by atoms with Gasteiger partial charge in [0.1, 0.15) is 6.04 Å². The Kier molecular flexibility index (Phi) is 5.35. The zero-order chi connectivity index (χ0) is 16.9. The highest BCUT2D eigenvalue weighted by atomic mass is 16.2. The van der Waals surface area contributed by atoms with E-state index < -0.39 is 6.04 Å². The standard InChI is InChI=1S/C18H26N4O2/c19-18(24)16-8-4-5-9-22(16)17(23)14-20-10-12-21(13-11-20)15-6-2-1-3-7-15/h1-3,6-7,16H,4-5,8-14H2,(H2,19,24)/p+1/t16-/m0/s1. The molecule has 6 heteroatoms. The molecule has 0 bridgehead atoms. The molecule has 1 atom stereocenters. The summed E-state index contributed by atoms with van der Waals surface area (Å²) in [4.78, 5) is 29.6. The number of piperazine rings is 1. The minimum absolute atomic E-state index is 0.0710. The van der Waals surface area contributed by atoms with E-state index in [0.29, 0.717) is 19.5 Å². The molecule has 24 heavy (non-hydrogen) atoms. The van der Waals surface area contributed by atoms with Crippen LogP contribution in [0.25, 0.3) is 0 Å². The first-order valence-electron chi connectivity index (χ1n) is 8.87. The van der Waals surface area contributed by atoms with E-state index in [4.69, 9.17) is 5.73 Å². The van der Waals surface area contributed by atoms with Crippen molar-refractivity contribution in [1.82, 2.24) is 4.90 Å². The normalized spacial score (nSPS) is 22.4. The molecule has 0 aromatic heterocycles. The number of quaternary nitrogens is 1. The third-order valence-electron chi connectivity index (χ3n) is 5.14. The Morgan fingerprint density at radius 1 is 1.08 bits per heavy atom. The maximum absolute atomic E-state index is 12.6. The van der Waals surface area contributed by atoms with Crippen LogP contribution in [0.15, 0.2) is 30.3 Å². The molecule has 0 unspecified atom stereocenters. The molecule has 6 nitrogen and oxygen atoms in total. The van der Waals surface area contributed by atoms with E-state index in [1.165, 1.54) is 10.6 Å². The fourth-order valence-corrected chi connectivity index (χ4v) is 3.74. The van der Waals surface area contributed by atoms with Crippen molar-refractivity contribution >= 4 is 17.5 Å². The van der Waals surface area contributed by atoms with Crippen LogP contribution >= 0.6 is 0 Å². The van der Waals surface area contributed by atoms with Gasteiger partial charge in [0.15, 0.2) is 6.54 Å². The zero-order valence-electron chi connectivity index (χ0n) is 14.1. The number of nitrogens with two attached hydrogens (primary N) is 1. The number of nitrogens with one attached hydrogen (secondary N) is 1. The van der Waals surface area contributed by atoms with Gasteiger partial charge in [-0.2, -0.15) is 0 Å². The molecule has 3 N–H and O–H groups in total. The molecule has 0 radical (unpaired) electrons. The number of primary amides is 1. The Morgan fingerprint density at radius 2 is 1.79 bits per heavy atom. The van der Waals surface area contributed by atoms with Crippen molar-refractivity contribution in [2.75, 3.05) is 44.2 Å². The van der Waals surface area contributed by atoms with Gasteiger partial charge in [0.25, 0.3) is 5.91 Å². The average molecular weight is 331 g/mol. The summed E-state index contributed by atoms with van der Waals surface area (Å²) in [5.74, 6) is -0.298. The summed E-state index contributed by atoms with van der Waals surface area (Å²) in [6.07, 6.45) is 2.64. The summed E-state index contributed by atoms with van der Waals surface area (Å²) < 4.78 is 0. The van der Waals surface area contributed by atoms with E-state index in [1.54, 1.807) is 4.90 Å². The topological polar surface area (TPSA) is 71.1 Å². The van der Waals surface area contributed by atoms with Crippen molar-refractivity contribution in [3.05, 3.63) is 30.3 Å². The maximum Gasteiger partial charge on any atom is 0.278 e. The lowest BCUT2D eigenvalue weighted by molar-refractivity contribution is -0.892. The fraction of sp³-hybridized carbons (Fsp3) is 0.556. The van der Waals surface area contributed by atoms with Crippen molar-refractivity contribution in [2.24, 2.45) is 5.73 Å². The monoisotopic (exact) mass is 331 g/mol. The van der Waals surface area contributed by atoms with Gasteiger partial charge in [-0.15, -0.1) is 0 Å². The van der Waals surface area contributed by atoms with Gasteiger partial charge in [-0.25, -0.2) is 0 Å². The molecule has 2 saturated heterocycles. The third kappa shape index (κ3) is 3.87. The molecule has 2 amide bonds. The number of hydrogen-bond donors (Lipinski definition) is 2. The smallest absolute Gasteiger partial charge is 0.278 e. The number of anilines is 1. The number of likely N-dealkylation sites (tertiary alicyclic amines) is 1. The SMILES string of the molecule is NC(=O)[C@@H]1CCCCN1C(=O)C[NH+]1CCN(c2ccccc2)CC1. The van der Waals surface area contributed by atoms with Gasteiger partial charge >= 0.3 is 0 Å². The average Bonchev–Trinajstić information content (AvgIpc) is 2.63. The highest BCUT2D eigenvalue weighted by Gasteiger charge is 2.33. The number of para-hydroxylation sites is 1. The highest BCUT2D eigenvalue weighted by Crippen LogP contribution is 2.16. The molecule has 2 fully saturated rings. The second kappa shape index (κ2) is 7.66.